The Bertz CT molecular complexity index is 623. The van der Waals surface area contributed by atoms with E-state index >= 15 is 0 Å². The first-order chi connectivity index (χ1) is 10.0. The van der Waals surface area contributed by atoms with Crippen molar-refractivity contribution in [3.8, 4) is 0 Å². The van der Waals surface area contributed by atoms with Gasteiger partial charge in [0.1, 0.15) is 0 Å². The molecule has 0 bridgehead atoms. The van der Waals surface area contributed by atoms with Gasteiger partial charge in [-0.1, -0.05) is 6.07 Å². The number of nitrogens with two attached hydrogens (primary N) is 1. The number of anilines is 1. The second-order valence-corrected chi connectivity index (χ2v) is 5.71. The third kappa shape index (κ3) is 4.21. The summed E-state index contributed by atoms with van der Waals surface area (Å²) in [5, 5.41) is 17.3. The molecule has 4 N–H and O–H groups in total. The molecular formula is C15H21N3O4. The molecule has 7 heteroatoms. The molecule has 0 aliphatic carbocycles. The Morgan fingerprint density at radius 1 is 1.27 bits per heavy atom. The van der Waals surface area contributed by atoms with Gasteiger partial charge in [-0.3, -0.25) is 4.99 Å². The van der Waals surface area contributed by atoms with Crippen LogP contribution < -0.4 is 5.73 Å². The van der Waals surface area contributed by atoms with Gasteiger partial charge in [-0.2, -0.15) is 0 Å². The van der Waals surface area contributed by atoms with E-state index in [2.05, 4.69) is 37.7 Å². The molecule has 0 aromatic heterocycles. The van der Waals surface area contributed by atoms with E-state index in [1.165, 1.54) is 18.2 Å². The third-order valence-electron chi connectivity index (χ3n) is 3.18. The number of hydrogen-bond donors (Lipinski definition) is 3. The van der Waals surface area contributed by atoms with Crippen molar-refractivity contribution in [3.05, 3.63) is 29.3 Å². The number of aromatic carboxylic acids is 2. The van der Waals surface area contributed by atoms with Gasteiger partial charge in [-0.25, -0.2) is 9.59 Å². The van der Waals surface area contributed by atoms with E-state index in [0.29, 0.717) is 0 Å². The predicted octanol–water partition coefficient (Wildman–Crippen LogP) is 1.79. The van der Waals surface area contributed by atoms with Gasteiger partial charge in [0.05, 0.1) is 22.5 Å². The number of nitrogen functional groups attached to an aromatic ring is 1. The summed E-state index contributed by atoms with van der Waals surface area (Å²) in [6.45, 7) is 7.41. The Morgan fingerprint density at radius 3 is 2.14 bits per heavy atom. The number of carboxylic acids is 2. The van der Waals surface area contributed by atoms with Crippen LogP contribution in [0.4, 0.5) is 5.69 Å². The van der Waals surface area contributed by atoms with Crippen LogP contribution >= 0.6 is 0 Å². The number of hydrogen-bond acceptors (Lipinski definition) is 5. The van der Waals surface area contributed by atoms with E-state index in [4.69, 9.17) is 15.9 Å². The number of likely N-dealkylation sites (N-methyl/N-ethyl adjacent to an activating group) is 1. The van der Waals surface area contributed by atoms with Crippen LogP contribution in [-0.2, 0) is 0 Å². The van der Waals surface area contributed by atoms with Crippen LogP contribution in [0.1, 0.15) is 41.5 Å². The van der Waals surface area contributed by atoms with E-state index in [9.17, 15) is 9.59 Å². The number of amidine groups is 1. The summed E-state index contributed by atoms with van der Waals surface area (Å²) in [5.41, 5.74) is 4.75. The fraction of sp³-hybridized carbons (Fsp3) is 0.400. The molecule has 0 fully saturated rings. The summed E-state index contributed by atoms with van der Waals surface area (Å²) in [7, 11) is 2.08. The number of nitrogens with zero attached hydrogens (tertiary/aromatic N) is 2. The fourth-order valence-electron chi connectivity index (χ4n) is 2.24. The maximum Gasteiger partial charge on any atom is 0.338 e. The Labute approximate surface area is 129 Å². The van der Waals surface area contributed by atoms with Crippen molar-refractivity contribution in [2.45, 2.75) is 26.3 Å². The SMILES string of the molecule is CC1=NC(C)(C)CN1C.Nc1cccc(C(=O)O)c1C(=O)O. The second kappa shape index (κ2) is 6.46. The largest absolute Gasteiger partial charge is 0.478 e. The molecule has 1 heterocycles. The number of benzene rings is 1. The minimum atomic E-state index is -1.34. The lowest BCUT2D eigenvalue weighted by Crippen LogP contribution is -2.27. The Kier molecular flexibility index (Phi) is 5.14. The number of rotatable bonds is 2. The molecule has 0 radical (unpaired) electrons. The lowest BCUT2D eigenvalue weighted by molar-refractivity contribution is 0.0652. The summed E-state index contributed by atoms with van der Waals surface area (Å²) in [5.74, 6) is -1.49. The van der Waals surface area contributed by atoms with Crippen molar-refractivity contribution in [3.63, 3.8) is 0 Å². The molecule has 120 valence electrons. The van der Waals surface area contributed by atoms with Crippen LogP contribution in [0.15, 0.2) is 23.2 Å². The lowest BCUT2D eigenvalue weighted by Gasteiger charge is -2.15. The van der Waals surface area contributed by atoms with Gasteiger partial charge in [0, 0.05) is 19.3 Å². The summed E-state index contributed by atoms with van der Waals surface area (Å²) in [4.78, 5) is 27.8. The highest BCUT2D eigenvalue weighted by atomic mass is 16.4. The summed E-state index contributed by atoms with van der Waals surface area (Å²) in [6, 6.07) is 3.93. The number of carbonyl (C=O) groups is 2. The van der Waals surface area contributed by atoms with Crippen LogP contribution in [0, 0.1) is 0 Å². The summed E-state index contributed by atoms with van der Waals surface area (Å²) >= 11 is 0. The molecular weight excluding hydrogens is 286 g/mol. The van der Waals surface area contributed by atoms with Gasteiger partial charge in [0.15, 0.2) is 0 Å². The normalized spacial score (nSPS) is 15.6. The molecule has 2 rings (SSSR count). The predicted molar refractivity (Wildman–Crippen MR) is 84.6 cm³/mol. The minimum Gasteiger partial charge on any atom is -0.478 e. The maximum absolute atomic E-state index is 10.6. The van der Waals surface area contributed by atoms with Crippen molar-refractivity contribution >= 4 is 23.5 Å². The molecule has 0 saturated heterocycles. The molecule has 7 nitrogen and oxygen atoms in total. The topological polar surface area (TPSA) is 116 Å². The van der Waals surface area contributed by atoms with Gasteiger partial charge in [-0.05, 0) is 32.9 Å². The molecule has 1 aromatic carbocycles. The zero-order chi connectivity index (χ0) is 17.1. The molecule has 1 aromatic rings. The fourth-order valence-corrected chi connectivity index (χ4v) is 2.24. The summed E-state index contributed by atoms with van der Waals surface area (Å²) in [6.07, 6.45) is 0. The third-order valence-corrected chi connectivity index (χ3v) is 3.18. The van der Waals surface area contributed by atoms with Crippen molar-refractivity contribution in [2.24, 2.45) is 4.99 Å². The van der Waals surface area contributed by atoms with Crippen molar-refractivity contribution in [2.75, 3.05) is 19.3 Å². The Balaban J connectivity index is 0.000000235. The minimum absolute atomic E-state index is 0.0487. The molecule has 0 unspecified atom stereocenters. The molecule has 0 atom stereocenters. The van der Waals surface area contributed by atoms with E-state index < -0.39 is 11.9 Å². The lowest BCUT2D eigenvalue weighted by atomic mass is 10.1. The molecule has 0 amide bonds. The van der Waals surface area contributed by atoms with E-state index in [0.717, 1.165) is 12.4 Å². The van der Waals surface area contributed by atoms with Gasteiger partial charge in [0.2, 0.25) is 0 Å². The van der Waals surface area contributed by atoms with Crippen LogP contribution in [0.25, 0.3) is 0 Å². The molecule has 0 saturated carbocycles. The Hall–Kier alpha value is -2.57. The zero-order valence-electron chi connectivity index (χ0n) is 13.1. The molecule has 1 aliphatic rings. The standard InChI is InChI=1S/C8H7NO4.C7H14N2/c9-5-3-1-2-4(7(10)11)6(5)8(12)13;1-6-8-7(2,3)5-9(6)4/h1-3H,9H2,(H,10,11)(H,12,13);5H2,1-4H3. The van der Waals surface area contributed by atoms with Gasteiger partial charge in [-0.15, -0.1) is 0 Å². The van der Waals surface area contributed by atoms with Crippen molar-refractivity contribution in [1.82, 2.24) is 4.90 Å². The van der Waals surface area contributed by atoms with Crippen molar-refractivity contribution in [1.29, 1.82) is 0 Å². The van der Waals surface area contributed by atoms with Gasteiger partial charge < -0.3 is 20.8 Å². The van der Waals surface area contributed by atoms with Crippen LogP contribution in [-0.4, -0.2) is 52.0 Å². The molecule has 0 spiro atoms. The molecule has 22 heavy (non-hydrogen) atoms. The van der Waals surface area contributed by atoms with E-state index in [1.54, 1.807) is 0 Å². The highest BCUT2D eigenvalue weighted by molar-refractivity contribution is 6.05. The van der Waals surface area contributed by atoms with E-state index in [1.807, 2.05) is 0 Å². The zero-order valence-corrected chi connectivity index (χ0v) is 13.1. The Morgan fingerprint density at radius 2 is 1.86 bits per heavy atom. The van der Waals surface area contributed by atoms with Crippen molar-refractivity contribution < 1.29 is 19.8 Å². The number of aliphatic imine (C=N–C) groups is 1. The average molecular weight is 307 g/mol. The first-order valence-corrected chi connectivity index (χ1v) is 6.68. The second-order valence-electron chi connectivity index (χ2n) is 5.71. The van der Waals surface area contributed by atoms with Crippen LogP contribution in [0.2, 0.25) is 0 Å². The maximum atomic E-state index is 10.6. The monoisotopic (exact) mass is 307 g/mol. The highest BCUT2D eigenvalue weighted by Crippen LogP contribution is 2.18. The van der Waals surface area contributed by atoms with Crippen LogP contribution in [0.5, 0.6) is 0 Å². The molecule has 1 aliphatic heterocycles. The average Bonchev–Trinajstić information content (AvgIpc) is 2.60. The van der Waals surface area contributed by atoms with Crippen LogP contribution in [0.3, 0.4) is 0 Å². The first kappa shape index (κ1) is 17.5. The number of carboxylic acid groups (broad SMARTS) is 2. The summed E-state index contributed by atoms with van der Waals surface area (Å²) < 4.78 is 0. The van der Waals surface area contributed by atoms with Gasteiger partial charge >= 0.3 is 11.9 Å². The smallest absolute Gasteiger partial charge is 0.338 e. The first-order valence-electron chi connectivity index (χ1n) is 6.68. The van der Waals surface area contributed by atoms with E-state index in [-0.39, 0.29) is 22.4 Å². The highest BCUT2D eigenvalue weighted by Gasteiger charge is 2.25. The quantitative estimate of drug-likeness (QED) is 0.717. The van der Waals surface area contributed by atoms with Gasteiger partial charge in [0.25, 0.3) is 0 Å².